The smallest absolute Gasteiger partial charge is 0.263 e. The second kappa shape index (κ2) is 5.13. The highest BCUT2D eigenvalue weighted by atomic mass is 32.1. The summed E-state index contributed by atoms with van der Waals surface area (Å²) in [5.74, 6) is -0.109. The maximum atomic E-state index is 11.8. The Morgan fingerprint density at radius 3 is 2.82 bits per heavy atom. The molecule has 0 bridgehead atoms. The lowest BCUT2D eigenvalue weighted by molar-refractivity contribution is 0.0947. The Hall–Kier alpha value is -1.63. The van der Waals surface area contributed by atoms with E-state index in [1.54, 1.807) is 26.3 Å². The fraction of sp³-hybridized carbons (Fsp3) is 0.500. The number of nitrogens with one attached hydrogen (secondary N) is 1. The van der Waals surface area contributed by atoms with Gasteiger partial charge in [0.2, 0.25) is 0 Å². The van der Waals surface area contributed by atoms with Crippen molar-refractivity contribution in [2.75, 3.05) is 6.54 Å². The molecule has 0 saturated heterocycles. The molecule has 6 nitrogen and oxygen atoms in total. The van der Waals surface area contributed by atoms with Crippen LogP contribution in [-0.2, 0) is 0 Å². The third-order valence-electron chi connectivity index (χ3n) is 2.44. The van der Waals surface area contributed by atoms with Gasteiger partial charge in [-0.25, -0.2) is 4.98 Å². The summed E-state index contributed by atoms with van der Waals surface area (Å²) in [5, 5.41) is 14.3. The van der Waals surface area contributed by atoms with Crippen LogP contribution in [-0.4, -0.2) is 28.5 Å². The van der Waals surface area contributed by atoms with Crippen molar-refractivity contribution >= 4 is 23.1 Å². The first-order valence-corrected chi connectivity index (χ1v) is 5.92. The first-order valence-electron chi connectivity index (χ1n) is 5.05. The molecule has 0 radical (unpaired) electrons. The number of aromatic nitrogens is 1. The van der Waals surface area contributed by atoms with Crippen LogP contribution in [0.15, 0.2) is 10.7 Å². The zero-order chi connectivity index (χ0) is 13.1. The highest BCUT2D eigenvalue weighted by Crippen LogP contribution is 2.15. The number of carbonyl (C=O) groups is 1. The first-order chi connectivity index (χ1) is 7.88. The zero-order valence-electron chi connectivity index (χ0n) is 10.0. The third kappa shape index (κ3) is 3.16. The monoisotopic (exact) mass is 256 g/mol. The van der Waals surface area contributed by atoms with Gasteiger partial charge in [-0.05, 0) is 6.92 Å². The van der Waals surface area contributed by atoms with Gasteiger partial charge in [-0.1, -0.05) is 19.0 Å². The summed E-state index contributed by atoms with van der Waals surface area (Å²) >= 11 is 1.29. The lowest BCUT2D eigenvalue weighted by atomic mass is 9.92. The van der Waals surface area contributed by atoms with Crippen LogP contribution in [0.25, 0.3) is 0 Å². The minimum atomic E-state index is -0.594. The van der Waals surface area contributed by atoms with Gasteiger partial charge >= 0.3 is 0 Å². The SMILES string of the molecule is Cc1ncsc1C(=O)NCC(C)(C)C(N)=NO. The van der Waals surface area contributed by atoms with Gasteiger partial charge in [-0.2, -0.15) is 0 Å². The largest absolute Gasteiger partial charge is 0.409 e. The fourth-order valence-corrected chi connectivity index (χ4v) is 1.85. The van der Waals surface area contributed by atoms with Crippen LogP contribution in [0.5, 0.6) is 0 Å². The second-order valence-corrected chi connectivity index (χ2v) is 5.17. The molecule has 0 aliphatic carbocycles. The number of aryl methyl sites for hydroxylation is 1. The Bertz CT molecular complexity index is 439. The molecule has 7 heteroatoms. The van der Waals surface area contributed by atoms with E-state index in [9.17, 15) is 4.79 Å². The summed E-state index contributed by atoms with van der Waals surface area (Å²) < 4.78 is 0. The van der Waals surface area contributed by atoms with Crippen molar-refractivity contribution in [2.45, 2.75) is 20.8 Å². The number of hydrogen-bond donors (Lipinski definition) is 3. The van der Waals surface area contributed by atoms with Crippen LogP contribution >= 0.6 is 11.3 Å². The van der Waals surface area contributed by atoms with Crippen LogP contribution in [0.2, 0.25) is 0 Å². The van der Waals surface area contributed by atoms with Crippen molar-refractivity contribution in [3.8, 4) is 0 Å². The number of nitrogens with two attached hydrogens (primary N) is 1. The molecule has 0 atom stereocenters. The van der Waals surface area contributed by atoms with Gasteiger partial charge in [0.25, 0.3) is 5.91 Å². The molecule has 1 rings (SSSR count). The van der Waals surface area contributed by atoms with E-state index in [4.69, 9.17) is 10.9 Å². The minimum absolute atomic E-state index is 0.0822. The number of oxime groups is 1. The van der Waals surface area contributed by atoms with E-state index >= 15 is 0 Å². The maximum absolute atomic E-state index is 11.8. The molecule has 1 aromatic rings. The zero-order valence-corrected chi connectivity index (χ0v) is 10.8. The van der Waals surface area contributed by atoms with E-state index in [1.165, 1.54) is 11.3 Å². The number of amidine groups is 1. The number of thiazole rings is 1. The quantitative estimate of drug-likeness (QED) is 0.323. The van der Waals surface area contributed by atoms with E-state index in [2.05, 4.69) is 15.5 Å². The number of amides is 1. The van der Waals surface area contributed by atoms with Crippen molar-refractivity contribution < 1.29 is 10.0 Å². The molecule has 1 amide bonds. The molecular weight excluding hydrogens is 240 g/mol. The topological polar surface area (TPSA) is 101 Å². The minimum Gasteiger partial charge on any atom is -0.409 e. The standard InChI is InChI=1S/C10H16N4O2S/c1-6-7(17-5-13-6)8(15)12-4-10(2,3)9(11)14-16/h5,16H,4H2,1-3H3,(H2,11,14)(H,12,15). The van der Waals surface area contributed by atoms with Crippen LogP contribution < -0.4 is 11.1 Å². The molecule has 0 aliphatic heterocycles. The molecule has 0 saturated carbocycles. The molecule has 0 fully saturated rings. The summed E-state index contributed by atoms with van der Waals surface area (Å²) in [6, 6.07) is 0. The molecule has 0 aromatic carbocycles. The summed E-state index contributed by atoms with van der Waals surface area (Å²) in [6.45, 7) is 5.63. The molecule has 0 unspecified atom stereocenters. The lowest BCUT2D eigenvalue weighted by Gasteiger charge is -2.22. The average molecular weight is 256 g/mol. The summed E-state index contributed by atoms with van der Waals surface area (Å²) in [7, 11) is 0. The van der Waals surface area contributed by atoms with Crippen molar-refractivity contribution in [3.63, 3.8) is 0 Å². The number of nitrogens with zero attached hydrogens (tertiary/aromatic N) is 2. The molecule has 0 aliphatic rings. The Morgan fingerprint density at radius 1 is 1.71 bits per heavy atom. The van der Waals surface area contributed by atoms with Crippen LogP contribution in [0, 0.1) is 12.3 Å². The lowest BCUT2D eigenvalue weighted by Crippen LogP contribution is -2.42. The Morgan fingerprint density at radius 2 is 2.35 bits per heavy atom. The highest BCUT2D eigenvalue weighted by molar-refractivity contribution is 7.11. The highest BCUT2D eigenvalue weighted by Gasteiger charge is 2.25. The summed E-state index contributed by atoms with van der Waals surface area (Å²) in [5.41, 5.74) is 7.26. The second-order valence-electron chi connectivity index (χ2n) is 4.32. The predicted molar refractivity (Wildman–Crippen MR) is 66.4 cm³/mol. The van der Waals surface area contributed by atoms with E-state index in [-0.39, 0.29) is 11.7 Å². The van der Waals surface area contributed by atoms with E-state index in [0.717, 1.165) is 0 Å². The van der Waals surface area contributed by atoms with Gasteiger partial charge < -0.3 is 16.3 Å². The Kier molecular flexibility index (Phi) is 4.06. The molecule has 94 valence electrons. The van der Waals surface area contributed by atoms with Crippen LogP contribution in [0.3, 0.4) is 0 Å². The van der Waals surface area contributed by atoms with E-state index in [1.807, 2.05) is 0 Å². The van der Waals surface area contributed by atoms with E-state index in [0.29, 0.717) is 17.1 Å². The number of hydrogen-bond acceptors (Lipinski definition) is 5. The summed E-state index contributed by atoms with van der Waals surface area (Å²) in [6.07, 6.45) is 0. The normalized spacial score (nSPS) is 12.5. The van der Waals surface area contributed by atoms with Gasteiger partial charge in [0.1, 0.15) is 10.7 Å². The van der Waals surface area contributed by atoms with Gasteiger partial charge in [0, 0.05) is 12.0 Å². The Labute approximate surface area is 104 Å². The number of rotatable bonds is 4. The van der Waals surface area contributed by atoms with Crippen molar-refractivity contribution in [1.82, 2.24) is 10.3 Å². The maximum Gasteiger partial charge on any atom is 0.263 e. The molecular formula is C10H16N4O2S. The predicted octanol–water partition coefficient (Wildman–Crippen LogP) is 0.954. The van der Waals surface area contributed by atoms with Crippen molar-refractivity contribution in [1.29, 1.82) is 0 Å². The van der Waals surface area contributed by atoms with Gasteiger partial charge in [-0.3, -0.25) is 4.79 Å². The third-order valence-corrected chi connectivity index (χ3v) is 3.37. The molecule has 1 heterocycles. The van der Waals surface area contributed by atoms with Crippen LogP contribution in [0.4, 0.5) is 0 Å². The number of carbonyl (C=O) groups excluding carboxylic acids is 1. The van der Waals surface area contributed by atoms with Gasteiger partial charge in [-0.15, -0.1) is 11.3 Å². The first kappa shape index (κ1) is 13.4. The molecule has 0 spiro atoms. The van der Waals surface area contributed by atoms with Crippen LogP contribution in [0.1, 0.15) is 29.2 Å². The Balaban J connectivity index is 2.64. The molecule has 1 aromatic heterocycles. The van der Waals surface area contributed by atoms with Crippen molar-refractivity contribution in [2.24, 2.45) is 16.3 Å². The molecule has 4 N–H and O–H groups in total. The molecule has 17 heavy (non-hydrogen) atoms. The van der Waals surface area contributed by atoms with Gasteiger partial charge in [0.05, 0.1) is 11.2 Å². The average Bonchev–Trinajstić information content (AvgIpc) is 2.71. The van der Waals surface area contributed by atoms with Gasteiger partial charge in [0.15, 0.2) is 0 Å². The van der Waals surface area contributed by atoms with Crippen molar-refractivity contribution in [3.05, 3.63) is 16.1 Å². The summed E-state index contributed by atoms with van der Waals surface area (Å²) in [4.78, 5) is 16.4. The fourth-order valence-electron chi connectivity index (χ4n) is 1.13. The van der Waals surface area contributed by atoms with E-state index < -0.39 is 5.41 Å².